The zero-order valence-corrected chi connectivity index (χ0v) is 22.4. The van der Waals surface area contributed by atoms with Gasteiger partial charge in [-0.05, 0) is 73.7 Å². The molecular formula is C28H32N4O4S. The molecule has 9 heteroatoms. The molecular weight excluding hydrogens is 488 g/mol. The summed E-state index contributed by atoms with van der Waals surface area (Å²) in [5.41, 5.74) is 2.08. The van der Waals surface area contributed by atoms with E-state index in [0.717, 1.165) is 10.4 Å². The molecule has 0 saturated carbocycles. The summed E-state index contributed by atoms with van der Waals surface area (Å²) in [6.45, 7) is 4.64. The van der Waals surface area contributed by atoms with Gasteiger partial charge in [-0.2, -0.15) is 5.26 Å². The van der Waals surface area contributed by atoms with Gasteiger partial charge in [0, 0.05) is 23.2 Å². The molecule has 0 aliphatic rings. The number of methoxy groups -OCH3 is 2. The van der Waals surface area contributed by atoms with Crippen molar-refractivity contribution in [3.05, 3.63) is 76.0 Å². The van der Waals surface area contributed by atoms with Crippen LogP contribution in [0.15, 0.2) is 60.0 Å². The Labute approximate surface area is 222 Å². The molecule has 1 aromatic heterocycles. The lowest BCUT2D eigenvalue weighted by Gasteiger charge is -2.30. The predicted molar refractivity (Wildman–Crippen MR) is 145 cm³/mol. The Morgan fingerprint density at radius 1 is 1.05 bits per heavy atom. The minimum atomic E-state index is -0.371. The number of carbonyl (C=O) groups excluding carboxylic acids is 2. The van der Waals surface area contributed by atoms with Crippen LogP contribution in [0, 0.1) is 11.3 Å². The molecule has 194 valence electrons. The van der Waals surface area contributed by atoms with E-state index >= 15 is 0 Å². The maximum Gasteiger partial charge on any atom is 0.322 e. The van der Waals surface area contributed by atoms with Crippen LogP contribution < -0.4 is 14.8 Å². The maximum absolute atomic E-state index is 13.5. The first kappa shape index (κ1) is 27.6. The van der Waals surface area contributed by atoms with E-state index in [-0.39, 0.29) is 24.5 Å². The first-order chi connectivity index (χ1) is 17.8. The van der Waals surface area contributed by atoms with Crippen LogP contribution in [0.2, 0.25) is 0 Å². The first-order valence-electron chi connectivity index (χ1n) is 11.9. The van der Waals surface area contributed by atoms with Gasteiger partial charge in [0.05, 0.1) is 32.4 Å². The highest BCUT2D eigenvalue weighted by atomic mass is 32.1. The smallest absolute Gasteiger partial charge is 0.322 e. The molecule has 0 fully saturated rings. The Bertz CT molecular complexity index is 1220. The topological polar surface area (TPSA) is 94.9 Å². The maximum atomic E-state index is 13.5. The Morgan fingerprint density at radius 3 is 2.38 bits per heavy atom. The Morgan fingerprint density at radius 2 is 1.78 bits per heavy atom. The van der Waals surface area contributed by atoms with E-state index in [0.29, 0.717) is 42.3 Å². The molecule has 1 N–H and O–H groups in total. The van der Waals surface area contributed by atoms with E-state index in [2.05, 4.69) is 11.4 Å². The summed E-state index contributed by atoms with van der Waals surface area (Å²) in [5, 5.41) is 13.8. The van der Waals surface area contributed by atoms with Gasteiger partial charge >= 0.3 is 6.03 Å². The normalized spacial score (nSPS) is 10.5. The van der Waals surface area contributed by atoms with Crippen LogP contribution in [-0.2, 0) is 17.8 Å². The lowest BCUT2D eigenvalue weighted by Crippen LogP contribution is -2.47. The van der Waals surface area contributed by atoms with Crippen LogP contribution in [0.4, 0.5) is 10.5 Å². The number of urea groups is 1. The second-order valence-electron chi connectivity index (χ2n) is 8.67. The summed E-state index contributed by atoms with van der Waals surface area (Å²) >= 11 is 1.59. The number of carbonyl (C=O) groups is 2. The number of thiophene rings is 1. The van der Waals surface area contributed by atoms with Crippen LogP contribution in [0.3, 0.4) is 0 Å². The van der Waals surface area contributed by atoms with Crippen LogP contribution in [0.1, 0.15) is 29.9 Å². The Balaban J connectivity index is 1.72. The van der Waals surface area contributed by atoms with E-state index in [1.54, 1.807) is 54.7 Å². The van der Waals surface area contributed by atoms with E-state index < -0.39 is 0 Å². The predicted octanol–water partition coefficient (Wildman–Crippen LogP) is 5.15. The van der Waals surface area contributed by atoms with Gasteiger partial charge in [-0.15, -0.1) is 11.3 Å². The quantitative estimate of drug-likeness (QED) is 0.377. The van der Waals surface area contributed by atoms with Gasteiger partial charge in [0.25, 0.3) is 0 Å². The first-order valence-corrected chi connectivity index (χ1v) is 12.8. The Hall–Kier alpha value is -4.03. The van der Waals surface area contributed by atoms with Crippen molar-refractivity contribution in [2.24, 2.45) is 0 Å². The van der Waals surface area contributed by atoms with Crippen molar-refractivity contribution in [3.63, 3.8) is 0 Å². The second kappa shape index (κ2) is 13.3. The number of rotatable bonds is 11. The van der Waals surface area contributed by atoms with Gasteiger partial charge in [-0.1, -0.05) is 12.1 Å². The molecule has 0 radical (unpaired) electrons. The standard InChI is InChI=1S/C28H32N4O4S/c1-20(2)32(28(34)30-23-10-7-22(17-29)8-11-23)19-27(33)31(18-24-6-5-15-37-24)14-13-21-9-12-25(35-3)26(16-21)36-4/h5-12,15-16,20H,13-14,18-19H2,1-4H3,(H,30,34). The van der Waals surface area contributed by atoms with Crippen molar-refractivity contribution in [2.75, 3.05) is 32.6 Å². The highest BCUT2D eigenvalue weighted by Gasteiger charge is 2.24. The van der Waals surface area contributed by atoms with E-state index in [9.17, 15) is 9.59 Å². The molecule has 0 aliphatic heterocycles. The highest BCUT2D eigenvalue weighted by Crippen LogP contribution is 2.28. The summed E-state index contributed by atoms with van der Waals surface area (Å²) in [6, 6.07) is 17.8. The molecule has 37 heavy (non-hydrogen) atoms. The van der Waals surface area contributed by atoms with Crippen molar-refractivity contribution in [1.82, 2.24) is 9.80 Å². The summed E-state index contributed by atoms with van der Waals surface area (Å²) in [7, 11) is 3.19. The lowest BCUT2D eigenvalue weighted by atomic mass is 10.1. The molecule has 1 heterocycles. The zero-order valence-electron chi connectivity index (χ0n) is 21.6. The average molecular weight is 521 g/mol. The summed E-state index contributed by atoms with van der Waals surface area (Å²) in [5.74, 6) is 1.15. The van der Waals surface area contributed by atoms with Gasteiger partial charge in [0.1, 0.15) is 6.54 Å². The number of nitrogens with zero attached hydrogens (tertiary/aromatic N) is 3. The third-order valence-electron chi connectivity index (χ3n) is 5.85. The number of hydrogen-bond acceptors (Lipinski definition) is 6. The SMILES string of the molecule is COc1ccc(CCN(Cc2cccs2)C(=O)CN(C(=O)Nc2ccc(C#N)cc2)C(C)C)cc1OC. The van der Waals surface area contributed by atoms with E-state index in [4.69, 9.17) is 14.7 Å². The second-order valence-corrected chi connectivity index (χ2v) is 9.71. The van der Waals surface area contributed by atoms with Gasteiger partial charge in [0.2, 0.25) is 5.91 Å². The van der Waals surface area contributed by atoms with Crippen LogP contribution in [0.25, 0.3) is 0 Å². The van der Waals surface area contributed by atoms with Gasteiger partial charge in [-0.3, -0.25) is 4.79 Å². The largest absolute Gasteiger partial charge is 0.493 e. The third-order valence-corrected chi connectivity index (χ3v) is 6.71. The molecule has 0 unspecified atom stereocenters. The summed E-state index contributed by atoms with van der Waals surface area (Å²) < 4.78 is 10.7. The molecule has 0 atom stereocenters. The lowest BCUT2D eigenvalue weighted by molar-refractivity contribution is -0.132. The number of nitriles is 1. The minimum absolute atomic E-state index is 0.0584. The fourth-order valence-electron chi connectivity index (χ4n) is 3.74. The molecule has 3 rings (SSSR count). The fraction of sp³-hybridized carbons (Fsp3) is 0.321. The number of amides is 3. The minimum Gasteiger partial charge on any atom is -0.493 e. The summed E-state index contributed by atoms with van der Waals surface area (Å²) in [6.07, 6.45) is 0.622. The molecule has 2 aromatic carbocycles. The van der Waals surface area contributed by atoms with Crippen molar-refractivity contribution in [3.8, 4) is 17.6 Å². The number of nitrogens with one attached hydrogen (secondary N) is 1. The molecule has 0 aliphatic carbocycles. The monoisotopic (exact) mass is 520 g/mol. The van der Waals surface area contributed by atoms with Crippen molar-refractivity contribution in [2.45, 2.75) is 32.9 Å². The molecule has 3 aromatic rings. The van der Waals surface area contributed by atoms with Crippen molar-refractivity contribution >= 4 is 29.0 Å². The highest BCUT2D eigenvalue weighted by molar-refractivity contribution is 7.09. The molecule has 0 spiro atoms. The van der Waals surface area contributed by atoms with Gasteiger partial charge < -0.3 is 24.6 Å². The van der Waals surface area contributed by atoms with Crippen molar-refractivity contribution in [1.29, 1.82) is 5.26 Å². The molecule has 0 saturated heterocycles. The summed E-state index contributed by atoms with van der Waals surface area (Å²) in [4.78, 5) is 30.9. The fourth-order valence-corrected chi connectivity index (χ4v) is 4.46. The van der Waals surface area contributed by atoms with Crippen molar-refractivity contribution < 1.29 is 19.1 Å². The van der Waals surface area contributed by atoms with Crippen LogP contribution in [0.5, 0.6) is 11.5 Å². The number of hydrogen-bond donors (Lipinski definition) is 1. The van der Waals surface area contributed by atoms with Gasteiger partial charge in [-0.25, -0.2) is 4.79 Å². The molecule has 3 amide bonds. The van der Waals surface area contributed by atoms with E-state index in [1.165, 1.54) is 4.90 Å². The number of anilines is 1. The molecule has 0 bridgehead atoms. The third kappa shape index (κ3) is 7.72. The van der Waals surface area contributed by atoms with Gasteiger partial charge in [0.15, 0.2) is 11.5 Å². The van der Waals surface area contributed by atoms with Crippen LogP contribution in [-0.4, -0.2) is 55.1 Å². The zero-order chi connectivity index (χ0) is 26.8. The molecule has 8 nitrogen and oxygen atoms in total. The average Bonchev–Trinajstić information content (AvgIpc) is 3.42. The van der Waals surface area contributed by atoms with Crippen LogP contribution >= 0.6 is 11.3 Å². The Kier molecular flexibility index (Phi) is 9.92. The number of benzene rings is 2. The van der Waals surface area contributed by atoms with E-state index in [1.807, 2.05) is 49.6 Å². The number of ether oxygens (including phenoxy) is 2.